The Morgan fingerprint density at radius 3 is 2.47 bits per heavy atom. The van der Waals surface area contributed by atoms with Gasteiger partial charge in [0, 0.05) is 0 Å². The van der Waals surface area contributed by atoms with Crippen molar-refractivity contribution in [3.05, 3.63) is 0 Å². The Kier molecular flexibility index (Phi) is 10.4. The van der Waals surface area contributed by atoms with Crippen molar-refractivity contribution in [2.45, 2.75) is 78.6 Å². The topological polar surface area (TPSA) is 18.5 Å². The van der Waals surface area contributed by atoms with Crippen LogP contribution in [-0.4, -0.2) is 19.0 Å². The van der Waals surface area contributed by atoms with Gasteiger partial charge >= 0.3 is 0 Å². The lowest BCUT2D eigenvalue weighted by Gasteiger charge is -2.29. The lowest BCUT2D eigenvalue weighted by atomic mass is 10.1. The van der Waals surface area contributed by atoms with E-state index in [1.54, 1.807) is 0 Å². The Morgan fingerprint density at radius 1 is 1.13 bits per heavy atom. The fraction of sp³-hybridized carbons (Fsp3) is 1.00. The molecule has 0 bridgehead atoms. The molecule has 2 nitrogen and oxygen atoms in total. The van der Waals surface area contributed by atoms with Crippen LogP contribution in [0.15, 0.2) is 0 Å². The minimum atomic E-state index is 0.0698. The van der Waals surface area contributed by atoms with Crippen LogP contribution in [0.4, 0.5) is 0 Å². The van der Waals surface area contributed by atoms with Crippen molar-refractivity contribution in [2.24, 2.45) is 0 Å². The molecule has 0 aromatic carbocycles. The standard InChI is InChI=1S/C11H22O2.C2H6/c1-3-5-6-7-10-8-9-12-11(4-2)13-10;1-2/h10-11H,3-9H2,1-2H3;1-2H3. The van der Waals surface area contributed by atoms with Crippen molar-refractivity contribution in [3.8, 4) is 0 Å². The molecule has 0 N–H and O–H groups in total. The summed E-state index contributed by atoms with van der Waals surface area (Å²) >= 11 is 0. The van der Waals surface area contributed by atoms with E-state index in [0.717, 1.165) is 19.4 Å². The fourth-order valence-electron chi connectivity index (χ4n) is 1.70. The van der Waals surface area contributed by atoms with Gasteiger partial charge in [0.2, 0.25) is 0 Å². The van der Waals surface area contributed by atoms with Gasteiger partial charge in [-0.25, -0.2) is 0 Å². The first-order chi connectivity index (χ1) is 7.36. The van der Waals surface area contributed by atoms with E-state index in [1.807, 2.05) is 13.8 Å². The summed E-state index contributed by atoms with van der Waals surface area (Å²) in [4.78, 5) is 0. The Labute approximate surface area is 95.3 Å². The van der Waals surface area contributed by atoms with Crippen LogP contribution in [0.5, 0.6) is 0 Å². The van der Waals surface area contributed by atoms with E-state index in [-0.39, 0.29) is 6.29 Å². The highest BCUT2D eigenvalue weighted by Gasteiger charge is 2.20. The maximum absolute atomic E-state index is 5.76. The Balaban J connectivity index is 0.000000921. The van der Waals surface area contributed by atoms with Gasteiger partial charge in [0.05, 0.1) is 12.7 Å². The van der Waals surface area contributed by atoms with Crippen molar-refractivity contribution in [1.29, 1.82) is 0 Å². The van der Waals surface area contributed by atoms with Crippen LogP contribution in [0, 0.1) is 0 Å². The minimum Gasteiger partial charge on any atom is -0.353 e. The van der Waals surface area contributed by atoms with Crippen LogP contribution < -0.4 is 0 Å². The highest BCUT2D eigenvalue weighted by molar-refractivity contribution is 4.63. The third-order valence-electron chi connectivity index (χ3n) is 2.55. The molecule has 2 unspecified atom stereocenters. The number of rotatable bonds is 5. The molecule has 0 amide bonds. The Hall–Kier alpha value is -0.0800. The highest BCUT2D eigenvalue weighted by atomic mass is 16.7. The summed E-state index contributed by atoms with van der Waals surface area (Å²) in [5, 5.41) is 0. The van der Waals surface area contributed by atoms with Gasteiger partial charge in [0.15, 0.2) is 6.29 Å². The maximum Gasteiger partial charge on any atom is 0.157 e. The molecule has 1 fully saturated rings. The smallest absolute Gasteiger partial charge is 0.157 e. The molecule has 1 aliphatic heterocycles. The number of ether oxygens (including phenoxy) is 2. The second-order valence-corrected chi connectivity index (χ2v) is 3.75. The molecule has 2 atom stereocenters. The minimum absolute atomic E-state index is 0.0698. The van der Waals surface area contributed by atoms with Crippen molar-refractivity contribution in [2.75, 3.05) is 6.61 Å². The van der Waals surface area contributed by atoms with Crippen LogP contribution in [0.1, 0.15) is 66.2 Å². The predicted octanol–water partition coefficient (Wildman–Crippen LogP) is 4.13. The monoisotopic (exact) mass is 216 g/mol. The quantitative estimate of drug-likeness (QED) is 0.643. The molecule has 92 valence electrons. The van der Waals surface area contributed by atoms with Crippen molar-refractivity contribution in [3.63, 3.8) is 0 Å². The molecule has 2 heteroatoms. The van der Waals surface area contributed by atoms with E-state index in [4.69, 9.17) is 9.47 Å². The van der Waals surface area contributed by atoms with Gasteiger partial charge in [-0.15, -0.1) is 0 Å². The molecule has 0 aromatic rings. The predicted molar refractivity (Wildman–Crippen MR) is 65.0 cm³/mol. The van der Waals surface area contributed by atoms with Gasteiger partial charge < -0.3 is 9.47 Å². The van der Waals surface area contributed by atoms with Crippen LogP contribution in [-0.2, 0) is 9.47 Å². The molecule has 0 radical (unpaired) electrons. The first-order valence-electron chi connectivity index (χ1n) is 6.63. The lowest BCUT2D eigenvalue weighted by molar-refractivity contribution is -0.214. The van der Waals surface area contributed by atoms with E-state index in [0.29, 0.717) is 6.10 Å². The average Bonchev–Trinajstić information content (AvgIpc) is 2.32. The molecule has 1 aliphatic rings. The zero-order valence-corrected chi connectivity index (χ0v) is 10.9. The molecular weight excluding hydrogens is 188 g/mol. The first kappa shape index (κ1) is 14.9. The summed E-state index contributed by atoms with van der Waals surface area (Å²) in [5.41, 5.74) is 0. The summed E-state index contributed by atoms with van der Waals surface area (Å²) in [6, 6.07) is 0. The van der Waals surface area contributed by atoms with Gasteiger partial charge in [-0.1, -0.05) is 47.0 Å². The van der Waals surface area contributed by atoms with Crippen LogP contribution in [0.25, 0.3) is 0 Å². The molecule has 1 rings (SSSR count). The van der Waals surface area contributed by atoms with Crippen molar-refractivity contribution in [1.82, 2.24) is 0 Å². The van der Waals surface area contributed by atoms with E-state index < -0.39 is 0 Å². The zero-order chi connectivity index (χ0) is 11.5. The van der Waals surface area contributed by atoms with Gasteiger partial charge in [0.25, 0.3) is 0 Å². The van der Waals surface area contributed by atoms with E-state index in [1.165, 1.54) is 25.7 Å². The summed E-state index contributed by atoms with van der Waals surface area (Å²) in [6.07, 6.45) is 7.74. The van der Waals surface area contributed by atoms with Crippen LogP contribution >= 0.6 is 0 Å². The summed E-state index contributed by atoms with van der Waals surface area (Å²) in [6.45, 7) is 9.23. The number of hydrogen-bond donors (Lipinski definition) is 0. The summed E-state index contributed by atoms with van der Waals surface area (Å²) in [7, 11) is 0. The largest absolute Gasteiger partial charge is 0.353 e. The maximum atomic E-state index is 5.76. The SMILES string of the molecule is CC.CCCCCC1CCOC(CC)O1. The third-order valence-corrected chi connectivity index (χ3v) is 2.55. The van der Waals surface area contributed by atoms with Gasteiger partial charge in [-0.3, -0.25) is 0 Å². The summed E-state index contributed by atoms with van der Waals surface area (Å²) < 4.78 is 11.2. The molecule has 1 heterocycles. The van der Waals surface area contributed by atoms with Crippen LogP contribution in [0.3, 0.4) is 0 Å². The fourth-order valence-corrected chi connectivity index (χ4v) is 1.70. The Bertz CT molecular complexity index is 126. The second-order valence-electron chi connectivity index (χ2n) is 3.75. The van der Waals surface area contributed by atoms with Crippen molar-refractivity contribution >= 4 is 0 Å². The second kappa shape index (κ2) is 10.4. The molecule has 15 heavy (non-hydrogen) atoms. The van der Waals surface area contributed by atoms with E-state index in [9.17, 15) is 0 Å². The van der Waals surface area contributed by atoms with E-state index in [2.05, 4.69) is 13.8 Å². The molecular formula is C13H28O2. The number of unbranched alkanes of at least 4 members (excludes halogenated alkanes) is 2. The van der Waals surface area contributed by atoms with Crippen LogP contribution in [0.2, 0.25) is 0 Å². The first-order valence-corrected chi connectivity index (χ1v) is 6.63. The average molecular weight is 216 g/mol. The molecule has 1 saturated heterocycles. The van der Waals surface area contributed by atoms with Gasteiger partial charge in [-0.2, -0.15) is 0 Å². The van der Waals surface area contributed by atoms with Gasteiger partial charge in [-0.05, 0) is 19.3 Å². The molecule has 0 spiro atoms. The van der Waals surface area contributed by atoms with Crippen molar-refractivity contribution < 1.29 is 9.47 Å². The third kappa shape index (κ3) is 6.91. The molecule has 0 aliphatic carbocycles. The summed E-state index contributed by atoms with van der Waals surface area (Å²) in [5.74, 6) is 0. The highest BCUT2D eigenvalue weighted by Crippen LogP contribution is 2.19. The Morgan fingerprint density at radius 2 is 1.87 bits per heavy atom. The van der Waals surface area contributed by atoms with E-state index >= 15 is 0 Å². The lowest BCUT2D eigenvalue weighted by Crippen LogP contribution is -2.31. The molecule has 0 saturated carbocycles. The normalized spacial score (nSPS) is 25.6. The molecule has 0 aromatic heterocycles. The number of hydrogen-bond acceptors (Lipinski definition) is 2. The zero-order valence-electron chi connectivity index (χ0n) is 10.9. The van der Waals surface area contributed by atoms with Gasteiger partial charge in [0.1, 0.15) is 0 Å².